The smallest absolute Gasteiger partial charge is 0.224 e. The third-order valence-electron chi connectivity index (χ3n) is 5.76. The molecule has 1 saturated heterocycles. The Labute approximate surface area is 170 Å². The fourth-order valence-corrected chi connectivity index (χ4v) is 4.06. The van der Waals surface area contributed by atoms with Gasteiger partial charge in [0.05, 0.1) is 12.9 Å². The first-order valence-electron chi connectivity index (χ1n) is 10.3. The zero-order valence-corrected chi connectivity index (χ0v) is 17.1. The molecule has 0 atom stereocenters. The van der Waals surface area contributed by atoms with Crippen molar-refractivity contribution in [3.05, 3.63) is 48.6 Å². The van der Waals surface area contributed by atoms with Gasteiger partial charge in [-0.05, 0) is 26.7 Å². The highest BCUT2D eigenvalue weighted by Crippen LogP contribution is 2.28. The molecule has 0 aromatic carbocycles. The van der Waals surface area contributed by atoms with Crippen LogP contribution in [-0.2, 0) is 24.4 Å². The molecule has 1 aliphatic rings. The molecule has 4 rings (SSSR count). The monoisotopic (exact) mass is 396 g/mol. The molecule has 0 spiro atoms. The number of likely N-dealkylation sites (tertiary alicyclic amines) is 1. The SMILES string of the molecule is CCn1c(Cn2ccnc2)nnc1C1CCN(C(=O)CCn2ccnc2C)CC1. The number of carbonyl (C=O) groups excluding carboxylic acids is 1. The van der Waals surface area contributed by atoms with Crippen LogP contribution in [0.3, 0.4) is 0 Å². The van der Waals surface area contributed by atoms with Crippen LogP contribution < -0.4 is 0 Å². The lowest BCUT2D eigenvalue weighted by Crippen LogP contribution is -2.38. The van der Waals surface area contributed by atoms with Gasteiger partial charge in [-0.1, -0.05) is 0 Å². The van der Waals surface area contributed by atoms with Gasteiger partial charge in [0.1, 0.15) is 11.6 Å². The second-order valence-electron chi connectivity index (χ2n) is 7.53. The summed E-state index contributed by atoms with van der Waals surface area (Å²) >= 11 is 0. The van der Waals surface area contributed by atoms with Crippen LogP contribution >= 0.6 is 0 Å². The number of hydrogen-bond acceptors (Lipinski definition) is 5. The lowest BCUT2D eigenvalue weighted by atomic mass is 9.95. The van der Waals surface area contributed by atoms with Gasteiger partial charge in [0.25, 0.3) is 0 Å². The molecule has 0 unspecified atom stereocenters. The maximum Gasteiger partial charge on any atom is 0.224 e. The molecule has 4 heterocycles. The van der Waals surface area contributed by atoms with Crippen molar-refractivity contribution >= 4 is 5.91 Å². The average Bonchev–Trinajstić information content (AvgIpc) is 3.48. The molecule has 3 aromatic heterocycles. The second kappa shape index (κ2) is 8.59. The summed E-state index contributed by atoms with van der Waals surface area (Å²) < 4.78 is 6.24. The Balaban J connectivity index is 1.34. The molecule has 3 aromatic rings. The molecule has 1 aliphatic heterocycles. The number of nitrogens with zero attached hydrogens (tertiary/aromatic N) is 8. The van der Waals surface area contributed by atoms with E-state index in [0.717, 1.165) is 49.9 Å². The Bertz CT molecular complexity index is 934. The zero-order chi connectivity index (χ0) is 20.2. The molecule has 9 heteroatoms. The Hall–Kier alpha value is -2.97. The van der Waals surface area contributed by atoms with Gasteiger partial charge in [-0.3, -0.25) is 4.79 Å². The van der Waals surface area contributed by atoms with Gasteiger partial charge in [0.2, 0.25) is 5.91 Å². The van der Waals surface area contributed by atoms with E-state index in [1.54, 1.807) is 18.7 Å². The largest absolute Gasteiger partial charge is 0.343 e. The van der Waals surface area contributed by atoms with Crippen LogP contribution in [0.15, 0.2) is 31.1 Å². The van der Waals surface area contributed by atoms with Gasteiger partial charge in [-0.25, -0.2) is 9.97 Å². The van der Waals surface area contributed by atoms with E-state index >= 15 is 0 Å². The van der Waals surface area contributed by atoms with Gasteiger partial charge in [-0.2, -0.15) is 0 Å². The van der Waals surface area contributed by atoms with E-state index in [1.165, 1.54) is 0 Å². The Morgan fingerprint density at radius 3 is 2.66 bits per heavy atom. The van der Waals surface area contributed by atoms with Crippen molar-refractivity contribution in [3.63, 3.8) is 0 Å². The second-order valence-corrected chi connectivity index (χ2v) is 7.53. The first-order chi connectivity index (χ1) is 14.2. The fourth-order valence-electron chi connectivity index (χ4n) is 4.06. The van der Waals surface area contributed by atoms with E-state index in [9.17, 15) is 4.79 Å². The van der Waals surface area contributed by atoms with Crippen molar-refractivity contribution in [2.75, 3.05) is 13.1 Å². The molecular weight excluding hydrogens is 368 g/mol. The molecule has 0 N–H and O–H groups in total. The summed E-state index contributed by atoms with van der Waals surface area (Å²) in [4.78, 5) is 22.9. The molecule has 0 saturated carbocycles. The number of aromatic nitrogens is 7. The first kappa shape index (κ1) is 19.4. The summed E-state index contributed by atoms with van der Waals surface area (Å²) in [5.41, 5.74) is 0. The van der Waals surface area contributed by atoms with Crippen molar-refractivity contribution in [2.45, 2.75) is 58.7 Å². The minimum atomic E-state index is 0.217. The van der Waals surface area contributed by atoms with E-state index in [-0.39, 0.29) is 5.91 Å². The molecule has 0 aliphatic carbocycles. The Kier molecular flexibility index (Phi) is 5.73. The topological polar surface area (TPSA) is 86.7 Å². The number of hydrogen-bond donors (Lipinski definition) is 0. The van der Waals surface area contributed by atoms with Crippen molar-refractivity contribution < 1.29 is 4.79 Å². The maximum atomic E-state index is 12.6. The normalized spacial score (nSPS) is 15.2. The van der Waals surface area contributed by atoms with Crippen molar-refractivity contribution in [2.24, 2.45) is 0 Å². The van der Waals surface area contributed by atoms with Gasteiger partial charge in [-0.15, -0.1) is 10.2 Å². The Morgan fingerprint density at radius 1 is 1.17 bits per heavy atom. The molecule has 9 nitrogen and oxygen atoms in total. The van der Waals surface area contributed by atoms with E-state index < -0.39 is 0 Å². The molecular formula is C20H28N8O. The number of carbonyl (C=O) groups is 1. The third-order valence-corrected chi connectivity index (χ3v) is 5.76. The minimum absolute atomic E-state index is 0.217. The van der Waals surface area contributed by atoms with Crippen molar-refractivity contribution in [1.82, 2.24) is 38.8 Å². The Morgan fingerprint density at radius 2 is 2.00 bits per heavy atom. The highest BCUT2D eigenvalue weighted by Gasteiger charge is 2.27. The van der Waals surface area contributed by atoms with Gasteiger partial charge >= 0.3 is 0 Å². The third kappa shape index (κ3) is 4.23. The molecule has 1 fully saturated rings. The number of amides is 1. The number of piperidine rings is 1. The molecule has 0 bridgehead atoms. The molecule has 29 heavy (non-hydrogen) atoms. The van der Waals surface area contributed by atoms with Crippen molar-refractivity contribution in [3.8, 4) is 0 Å². The van der Waals surface area contributed by atoms with Crippen LogP contribution in [0.1, 0.15) is 49.6 Å². The summed E-state index contributed by atoms with van der Waals surface area (Å²) in [6.07, 6.45) is 11.6. The molecule has 1 amide bonds. The van der Waals surface area contributed by atoms with E-state index in [2.05, 4.69) is 31.7 Å². The number of aryl methyl sites for hydroxylation is 2. The summed E-state index contributed by atoms with van der Waals surface area (Å²) in [5, 5.41) is 8.94. The van der Waals surface area contributed by atoms with Gasteiger partial charge < -0.3 is 18.6 Å². The quantitative estimate of drug-likeness (QED) is 0.608. The molecule has 0 radical (unpaired) electrons. The van der Waals surface area contributed by atoms with Crippen LogP contribution in [0.25, 0.3) is 0 Å². The highest BCUT2D eigenvalue weighted by atomic mass is 16.2. The van der Waals surface area contributed by atoms with Crippen LogP contribution in [-0.4, -0.2) is 57.8 Å². The lowest BCUT2D eigenvalue weighted by Gasteiger charge is -2.32. The van der Waals surface area contributed by atoms with E-state index in [4.69, 9.17) is 0 Å². The van der Waals surface area contributed by atoms with E-state index in [0.29, 0.717) is 25.4 Å². The lowest BCUT2D eigenvalue weighted by molar-refractivity contribution is -0.132. The van der Waals surface area contributed by atoms with Crippen molar-refractivity contribution in [1.29, 1.82) is 0 Å². The van der Waals surface area contributed by atoms with E-state index in [1.807, 2.05) is 33.4 Å². The average molecular weight is 396 g/mol. The van der Waals surface area contributed by atoms with Crippen LogP contribution in [0.2, 0.25) is 0 Å². The minimum Gasteiger partial charge on any atom is -0.343 e. The summed E-state index contributed by atoms with van der Waals surface area (Å²) in [6, 6.07) is 0. The molecule has 154 valence electrons. The number of imidazole rings is 2. The first-order valence-corrected chi connectivity index (χ1v) is 10.3. The van der Waals surface area contributed by atoms with Gasteiger partial charge in [0.15, 0.2) is 5.82 Å². The zero-order valence-electron chi connectivity index (χ0n) is 17.1. The van der Waals surface area contributed by atoms with Crippen LogP contribution in [0.5, 0.6) is 0 Å². The summed E-state index contributed by atoms with van der Waals surface area (Å²) in [5.74, 6) is 3.51. The highest BCUT2D eigenvalue weighted by molar-refractivity contribution is 5.76. The van der Waals surface area contributed by atoms with Crippen LogP contribution in [0, 0.1) is 6.92 Å². The number of rotatable bonds is 7. The summed E-state index contributed by atoms with van der Waals surface area (Å²) in [7, 11) is 0. The predicted molar refractivity (Wildman–Crippen MR) is 107 cm³/mol. The standard InChI is InChI=1S/C20H28N8O/c1-3-28-18(14-25-12-7-21-15-25)23-24-20(28)17-4-9-27(10-5-17)19(29)6-11-26-13-8-22-16(26)2/h7-8,12-13,15,17H,3-6,9-11,14H2,1-2H3. The van der Waals surface area contributed by atoms with Crippen LogP contribution in [0.4, 0.5) is 0 Å². The van der Waals surface area contributed by atoms with Gasteiger partial charge in [0, 0.05) is 63.3 Å². The fraction of sp³-hybridized carbons (Fsp3) is 0.550. The summed E-state index contributed by atoms with van der Waals surface area (Å²) in [6.45, 7) is 7.84. The predicted octanol–water partition coefficient (Wildman–Crippen LogP) is 1.84. The maximum absolute atomic E-state index is 12.6.